The number of H-pyrrole nitrogens is 1. The summed E-state index contributed by atoms with van der Waals surface area (Å²) in [5, 5.41) is 3.88. The Morgan fingerprint density at radius 2 is 1.82 bits per heavy atom. The minimum absolute atomic E-state index is 0.0397. The van der Waals surface area contributed by atoms with Crippen molar-refractivity contribution in [1.82, 2.24) is 9.88 Å². The van der Waals surface area contributed by atoms with Crippen molar-refractivity contribution in [3.8, 4) is 0 Å². The first-order valence-electron chi connectivity index (χ1n) is 9.15. The fourth-order valence-electron chi connectivity index (χ4n) is 3.13. The van der Waals surface area contributed by atoms with Crippen molar-refractivity contribution in [2.75, 3.05) is 18.4 Å². The highest BCUT2D eigenvalue weighted by atomic mass is 16.2. The molecule has 0 saturated carbocycles. The lowest BCUT2D eigenvalue weighted by atomic mass is 10.1. The average Bonchev–Trinajstić information content (AvgIpc) is 3.08. The van der Waals surface area contributed by atoms with E-state index >= 15 is 0 Å². The van der Waals surface area contributed by atoms with Crippen LogP contribution in [0.1, 0.15) is 29.8 Å². The molecule has 0 aliphatic heterocycles. The maximum absolute atomic E-state index is 12.4. The van der Waals surface area contributed by atoms with E-state index in [4.69, 9.17) is 0 Å². The van der Waals surface area contributed by atoms with Crippen molar-refractivity contribution >= 4 is 34.2 Å². The number of para-hydroxylation sites is 1. The number of Topliss-reactive ketones (excluding diaryl/α,β-unsaturated/α-hetero) is 1. The average molecular weight is 377 g/mol. The molecule has 0 unspecified atom stereocenters. The molecule has 28 heavy (non-hydrogen) atoms. The Balaban J connectivity index is 1.62. The van der Waals surface area contributed by atoms with E-state index in [2.05, 4.69) is 10.3 Å². The van der Waals surface area contributed by atoms with Crippen LogP contribution in [0.4, 0.5) is 5.69 Å². The Bertz CT molecular complexity index is 1020. The van der Waals surface area contributed by atoms with Crippen molar-refractivity contribution in [2.45, 2.75) is 20.3 Å². The fraction of sp³-hybridized carbons (Fsp3) is 0.227. The van der Waals surface area contributed by atoms with Crippen molar-refractivity contribution in [2.24, 2.45) is 0 Å². The number of aromatic nitrogens is 1. The summed E-state index contributed by atoms with van der Waals surface area (Å²) >= 11 is 0. The summed E-state index contributed by atoms with van der Waals surface area (Å²) in [4.78, 5) is 40.6. The van der Waals surface area contributed by atoms with Gasteiger partial charge in [0.15, 0.2) is 5.78 Å². The number of nitrogens with zero attached hydrogens (tertiary/aromatic N) is 1. The molecular weight excluding hydrogens is 354 g/mol. The van der Waals surface area contributed by atoms with Crippen LogP contribution in [-0.4, -0.2) is 40.6 Å². The largest absolute Gasteiger partial charge is 0.361 e. The monoisotopic (exact) mass is 377 g/mol. The van der Waals surface area contributed by atoms with E-state index in [1.807, 2.05) is 30.5 Å². The van der Waals surface area contributed by atoms with Crippen LogP contribution in [0.25, 0.3) is 10.9 Å². The number of nitrogens with one attached hydrogen (secondary N) is 2. The second-order valence-electron chi connectivity index (χ2n) is 6.74. The smallest absolute Gasteiger partial charge is 0.243 e. The van der Waals surface area contributed by atoms with E-state index in [9.17, 15) is 14.4 Å². The molecule has 6 nitrogen and oxygen atoms in total. The molecule has 0 aliphatic carbocycles. The summed E-state index contributed by atoms with van der Waals surface area (Å²) in [5.41, 5.74) is 3.23. The predicted octanol–water partition coefficient (Wildman–Crippen LogP) is 3.40. The number of fused-ring (bicyclic) bond motifs is 1. The van der Waals surface area contributed by atoms with E-state index < -0.39 is 0 Å². The molecule has 0 spiro atoms. The number of aromatic amines is 1. The molecule has 3 rings (SSSR count). The van der Waals surface area contributed by atoms with Gasteiger partial charge in [-0.1, -0.05) is 30.3 Å². The number of benzene rings is 2. The second kappa shape index (κ2) is 8.52. The normalized spacial score (nSPS) is 10.6. The summed E-state index contributed by atoms with van der Waals surface area (Å²) in [6.07, 6.45) is 2.59. The highest BCUT2D eigenvalue weighted by Gasteiger charge is 2.15. The van der Waals surface area contributed by atoms with Gasteiger partial charge in [-0.15, -0.1) is 0 Å². The molecule has 2 aromatic carbocycles. The number of rotatable bonds is 7. The van der Waals surface area contributed by atoms with E-state index in [1.54, 1.807) is 24.3 Å². The Kier molecular flexibility index (Phi) is 5.89. The standard InChI is InChI=1S/C22H23N3O3/c1-15(26)17-6-5-7-19(12-17)24-22(28)14-25(16(2)27)11-10-18-13-23-21-9-4-3-8-20(18)21/h3-9,12-13,23H,10-11,14H2,1-2H3,(H,24,28). The molecule has 3 aromatic rings. The molecule has 2 amide bonds. The van der Waals surface area contributed by atoms with Gasteiger partial charge in [0.05, 0.1) is 6.54 Å². The van der Waals surface area contributed by atoms with E-state index in [1.165, 1.54) is 18.7 Å². The van der Waals surface area contributed by atoms with Crippen LogP contribution in [0, 0.1) is 0 Å². The molecule has 2 N–H and O–H groups in total. The number of amides is 2. The van der Waals surface area contributed by atoms with Gasteiger partial charge in [0.25, 0.3) is 0 Å². The maximum atomic E-state index is 12.4. The molecule has 1 heterocycles. The van der Waals surface area contributed by atoms with Gasteiger partial charge < -0.3 is 15.2 Å². The van der Waals surface area contributed by atoms with Gasteiger partial charge in [-0.25, -0.2) is 0 Å². The number of hydrogen-bond acceptors (Lipinski definition) is 3. The van der Waals surface area contributed by atoms with Crippen molar-refractivity contribution in [1.29, 1.82) is 0 Å². The first-order valence-corrected chi connectivity index (χ1v) is 9.15. The van der Waals surface area contributed by atoms with Crippen LogP contribution in [0.2, 0.25) is 0 Å². The summed E-state index contributed by atoms with van der Waals surface area (Å²) in [7, 11) is 0. The Morgan fingerprint density at radius 1 is 1.04 bits per heavy atom. The Labute approximate surface area is 163 Å². The molecule has 0 bridgehead atoms. The van der Waals surface area contributed by atoms with E-state index in [0.29, 0.717) is 24.2 Å². The highest BCUT2D eigenvalue weighted by Crippen LogP contribution is 2.18. The Morgan fingerprint density at radius 3 is 2.57 bits per heavy atom. The third-order valence-corrected chi connectivity index (χ3v) is 4.66. The van der Waals surface area contributed by atoms with Crippen molar-refractivity contribution in [3.05, 3.63) is 65.9 Å². The SMILES string of the molecule is CC(=O)c1cccc(NC(=O)CN(CCc2c[nH]c3ccccc23)C(C)=O)c1. The third kappa shape index (κ3) is 4.65. The van der Waals surface area contributed by atoms with E-state index in [-0.39, 0.29) is 24.1 Å². The lowest BCUT2D eigenvalue weighted by Gasteiger charge is -2.20. The first-order chi connectivity index (χ1) is 13.4. The minimum atomic E-state index is -0.296. The number of anilines is 1. The zero-order valence-corrected chi connectivity index (χ0v) is 16.0. The summed E-state index contributed by atoms with van der Waals surface area (Å²) < 4.78 is 0. The molecule has 6 heteroatoms. The van der Waals surface area contributed by atoms with Crippen LogP contribution >= 0.6 is 0 Å². The van der Waals surface area contributed by atoms with Gasteiger partial charge in [0, 0.05) is 41.8 Å². The molecule has 0 radical (unpaired) electrons. The van der Waals surface area contributed by atoms with Crippen LogP contribution in [0.15, 0.2) is 54.7 Å². The zero-order valence-electron chi connectivity index (χ0n) is 16.0. The van der Waals surface area contributed by atoms with Gasteiger partial charge in [0.1, 0.15) is 0 Å². The molecule has 0 fully saturated rings. The summed E-state index contributed by atoms with van der Waals surface area (Å²) in [6.45, 7) is 3.34. The summed E-state index contributed by atoms with van der Waals surface area (Å²) in [5.74, 6) is -0.525. The quantitative estimate of drug-likeness (QED) is 0.619. The lowest BCUT2D eigenvalue weighted by Crippen LogP contribution is -2.38. The van der Waals surface area contributed by atoms with Crippen LogP contribution in [0.5, 0.6) is 0 Å². The third-order valence-electron chi connectivity index (χ3n) is 4.66. The topological polar surface area (TPSA) is 82.3 Å². The minimum Gasteiger partial charge on any atom is -0.361 e. The molecular formula is C22H23N3O3. The lowest BCUT2D eigenvalue weighted by molar-refractivity contribution is -0.132. The van der Waals surface area contributed by atoms with Crippen LogP contribution in [-0.2, 0) is 16.0 Å². The number of hydrogen-bond donors (Lipinski definition) is 2. The molecule has 1 aromatic heterocycles. The van der Waals surface area contributed by atoms with Crippen LogP contribution in [0.3, 0.4) is 0 Å². The van der Waals surface area contributed by atoms with Gasteiger partial charge in [-0.05, 0) is 37.1 Å². The van der Waals surface area contributed by atoms with Gasteiger partial charge in [-0.2, -0.15) is 0 Å². The number of carbonyl (C=O) groups excluding carboxylic acids is 3. The predicted molar refractivity (Wildman–Crippen MR) is 109 cm³/mol. The van der Waals surface area contributed by atoms with E-state index in [0.717, 1.165) is 16.5 Å². The van der Waals surface area contributed by atoms with Gasteiger partial charge in [0.2, 0.25) is 11.8 Å². The number of ketones is 1. The molecule has 144 valence electrons. The van der Waals surface area contributed by atoms with Crippen LogP contribution < -0.4 is 5.32 Å². The van der Waals surface area contributed by atoms with Crippen molar-refractivity contribution < 1.29 is 14.4 Å². The van der Waals surface area contributed by atoms with Crippen molar-refractivity contribution in [3.63, 3.8) is 0 Å². The molecule has 0 atom stereocenters. The summed E-state index contributed by atoms with van der Waals surface area (Å²) in [6, 6.07) is 14.7. The highest BCUT2D eigenvalue weighted by molar-refractivity contribution is 5.98. The van der Waals surface area contributed by atoms with Gasteiger partial charge >= 0.3 is 0 Å². The second-order valence-corrected chi connectivity index (χ2v) is 6.74. The fourth-order valence-corrected chi connectivity index (χ4v) is 3.13. The first kappa shape index (κ1) is 19.4. The maximum Gasteiger partial charge on any atom is 0.243 e. The zero-order chi connectivity index (χ0) is 20.1. The molecule has 0 saturated heterocycles. The Hall–Kier alpha value is -3.41. The number of carbonyl (C=O) groups is 3. The van der Waals surface area contributed by atoms with Gasteiger partial charge in [-0.3, -0.25) is 14.4 Å². The molecule has 0 aliphatic rings.